The van der Waals surface area contributed by atoms with Crippen LogP contribution >= 0.6 is 0 Å². The van der Waals surface area contributed by atoms with E-state index in [0.717, 1.165) is 35.5 Å². The Kier molecular flexibility index (Phi) is 6.50. The van der Waals surface area contributed by atoms with E-state index in [-0.39, 0.29) is 11.9 Å². The lowest BCUT2D eigenvalue weighted by Gasteiger charge is -2.28. The predicted octanol–water partition coefficient (Wildman–Crippen LogP) is 5.51. The van der Waals surface area contributed by atoms with Gasteiger partial charge in [-0.1, -0.05) is 31.4 Å². The highest BCUT2D eigenvalue weighted by atomic mass is 16.5. The second-order valence-corrected chi connectivity index (χ2v) is 9.52. The zero-order valence-corrected chi connectivity index (χ0v) is 20.1. The van der Waals surface area contributed by atoms with Crippen molar-refractivity contribution in [1.29, 1.82) is 0 Å². The number of carbonyl (C=O) groups excluding carboxylic acids is 1. The first-order chi connectivity index (χ1) is 16.7. The Balaban J connectivity index is 1.83. The molecule has 0 radical (unpaired) electrons. The van der Waals surface area contributed by atoms with Gasteiger partial charge in [0.15, 0.2) is 11.5 Å². The molecule has 34 heavy (non-hydrogen) atoms. The minimum atomic E-state index is -0.313. The van der Waals surface area contributed by atoms with Crippen molar-refractivity contribution in [2.75, 3.05) is 27.4 Å². The highest BCUT2D eigenvalue weighted by Crippen LogP contribution is 2.49. The van der Waals surface area contributed by atoms with Gasteiger partial charge in [-0.05, 0) is 61.6 Å². The van der Waals surface area contributed by atoms with Crippen molar-refractivity contribution in [3.8, 4) is 22.8 Å². The number of fused-ring (bicyclic) bond motifs is 5. The summed E-state index contributed by atoms with van der Waals surface area (Å²) >= 11 is 0. The van der Waals surface area contributed by atoms with Crippen molar-refractivity contribution < 1.29 is 19.0 Å². The molecule has 3 aromatic rings. The van der Waals surface area contributed by atoms with Crippen LogP contribution < -0.4 is 15.2 Å². The maximum Gasteiger partial charge on any atom is 0.337 e. The molecule has 0 unspecified atom stereocenters. The van der Waals surface area contributed by atoms with Gasteiger partial charge in [-0.2, -0.15) is 0 Å². The summed E-state index contributed by atoms with van der Waals surface area (Å²) in [4.78, 5) is 12.4. The fourth-order valence-corrected chi connectivity index (χ4v) is 5.84. The number of ether oxygens (including phenoxy) is 3. The van der Waals surface area contributed by atoms with Crippen molar-refractivity contribution in [2.45, 2.75) is 51.0 Å². The first-order valence-electron chi connectivity index (χ1n) is 12.4. The van der Waals surface area contributed by atoms with Crippen LogP contribution in [-0.2, 0) is 11.3 Å². The monoisotopic (exact) mass is 462 g/mol. The number of nitrogens with zero attached hydrogens (tertiary/aromatic N) is 1. The Hall–Kier alpha value is -2.99. The van der Waals surface area contributed by atoms with Crippen LogP contribution in [0.15, 0.2) is 36.4 Å². The third kappa shape index (κ3) is 3.94. The van der Waals surface area contributed by atoms with Crippen molar-refractivity contribution in [3.63, 3.8) is 0 Å². The van der Waals surface area contributed by atoms with Gasteiger partial charge >= 0.3 is 5.97 Å². The highest BCUT2D eigenvalue weighted by Gasteiger charge is 2.31. The van der Waals surface area contributed by atoms with Gasteiger partial charge in [-0.3, -0.25) is 0 Å². The fraction of sp³-hybridized carbons (Fsp3) is 0.464. The number of para-hydroxylation sites is 1. The van der Waals surface area contributed by atoms with E-state index < -0.39 is 0 Å². The van der Waals surface area contributed by atoms with Crippen molar-refractivity contribution in [3.05, 3.63) is 47.5 Å². The second kappa shape index (κ2) is 9.71. The van der Waals surface area contributed by atoms with Crippen LogP contribution in [0, 0.1) is 5.92 Å². The van der Waals surface area contributed by atoms with E-state index in [2.05, 4.69) is 16.7 Å². The molecule has 180 valence electrons. The number of hydrogen-bond donors (Lipinski definition) is 1. The smallest absolute Gasteiger partial charge is 0.337 e. The molecule has 1 aliphatic carbocycles. The number of hydrogen-bond acceptors (Lipinski definition) is 5. The molecule has 6 nitrogen and oxygen atoms in total. The van der Waals surface area contributed by atoms with Crippen molar-refractivity contribution >= 4 is 16.9 Å². The van der Waals surface area contributed by atoms with E-state index in [0.29, 0.717) is 24.6 Å². The number of nitrogens with two attached hydrogens (primary N) is 1. The average molecular weight is 463 g/mol. The summed E-state index contributed by atoms with van der Waals surface area (Å²) in [5.41, 5.74) is 11.3. The molecule has 1 atom stereocenters. The maximum atomic E-state index is 12.4. The quantitative estimate of drug-likeness (QED) is 0.506. The lowest BCUT2D eigenvalue weighted by molar-refractivity contribution is 0.0601. The Morgan fingerprint density at radius 1 is 1.15 bits per heavy atom. The molecule has 2 aliphatic rings. The minimum absolute atomic E-state index is 0.249. The predicted molar refractivity (Wildman–Crippen MR) is 134 cm³/mol. The van der Waals surface area contributed by atoms with Crippen molar-refractivity contribution in [1.82, 2.24) is 4.57 Å². The molecular formula is C28H34N2O4. The Bertz CT molecular complexity index is 1190. The first kappa shape index (κ1) is 22.8. The topological polar surface area (TPSA) is 75.7 Å². The first-order valence-corrected chi connectivity index (χ1v) is 12.4. The number of esters is 1. The van der Waals surface area contributed by atoms with Gasteiger partial charge in [-0.15, -0.1) is 0 Å². The number of aromatic nitrogens is 1. The summed E-state index contributed by atoms with van der Waals surface area (Å²) in [5.74, 6) is 1.95. The zero-order valence-electron chi connectivity index (χ0n) is 20.1. The molecule has 0 amide bonds. The Morgan fingerprint density at radius 2 is 1.97 bits per heavy atom. The molecule has 1 aliphatic heterocycles. The molecular weight excluding hydrogens is 428 g/mol. The third-order valence-electron chi connectivity index (χ3n) is 7.47. The minimum Gasteiger partial charge on any atom is -0.493 e. The van der Waals surface area contributed by atoms with Gasteiger partial charge in [-0.25, -0.2) is 4.79 Å². The van der Waals surface area contributed by atoms with Crippen LogP contribution in [0.1, 0.15) is 60.4 Å². The summed E-state index contributed by atoms with van der Waals surface area (Å²) in [6.45, 7) is 1.96. The molecule has 2 N–H and O–H groups in total. The van der Waals surface area contributed by atoms with Crippen LogP contribution in [0.25, 0.3) is 22.2 Å². The Labute approximate surface area is 201 Å². The Morgan fingerprint density at radius 3 is 2.71 bits per heavy atom. The second-order valence-electron chi connectivity index (χ2n) is 9.52. The summed E-state index contributed by atoms with van der Waals surface area (Å²) in [6.07, 6.45) is 7.00. The number of benzene rings is 2. The zero-order chi connectivity index (χ0) is 23.7. The van der Waals surface area contributed by atoms with Gasteiger partial charge in [0.05, 0.1) is 32.1 Å². The van der Waals surface area contributed by atoms with Gasteiger partial charge in [0.2, 0.25) is 0 Å². The van der Waals surface area contributed by atoms with Crippen LogP contribution in [0.3, 0.4) is 0 Å². The number of methoxy groups -OCH3 is 2. The van der Waals surface area contributed by atoms with Crippen molar-refractivity contribution in [2.24, 2.45) is 11.7 Å². The van der Waals surface area contributed by atoms with Crippen LogP contribution in [0.5, 0.6) is 11.5 Å². The number of carbonyl (C=O) groups is 1. The third-order valence-corrected chi connectivity index (χ3v) is 7.47. The van der Waals surface area contributed by atoms with Gasteiger partial charge in [0.1, 0.15) is 0 Å². The van der Waals surface area contributed by atoms with Crippen LogP contribution in [0.4, 0.5) is 0 Å². The van der Waals surface area contributed by atoms with Gasteiger partial charge < -0.3 is 24.5 Å². The summed E-state index contributed by atoms with van der Waals surface area (Å²) in [5, 5.41) is 1.22. The maximum absolute atomic E-state index is 12.4. The molecule has 5 rings (SSSR count). The largest absolute Gasteiger partial charge is 0.493 e. The molecule has 2 heterocycles. The summed E-state index contributed by atoms with van der Waals surface area (Å²) < 4.78 is 19.6. The van der Waals surface area contributed by atoms with E-state index in [9.17, 15) is 4.79 Å². The average Bonchev–Trinajstić information content (AvgIpc) is 3.18. The standard InChI is InChI=1S/C28H34N2O4/c1-32-24-10-6-9-22-26-25(19-7-4-3-5-8-19)21-12-11-20(28(31)33-2)15-23(21)30(26)16-18(13-14-29)17-34-27(22)24/h6,9-12,15,18-19H,3-5,7-8,13-14,16-17,29H2,1-2H3/t18-/m1/s1. The lowest BCUT2D eigenvalue weighted by Crippen LogP contribution is -2.24. The molecule has 1 fully saturated rings. The molecule has 0 spiro atoms. The van der Waals surface area contributed by atoms with E-state index in [4.69, 9.17) is 19.9 Å². The molecule has 6 heteroatoms. The molecule has 1 saturated carbocycles. The lowest BCUT2D eigenvalue weighted by atomic mass is 9.81. The fourth-order valence-electron chi connectivity index (χ4n) is 5.84. The van der Waals surface area contributed by atoms with E-state index in [1.165, 1.54) is 55.9 Å². The summed E-state index contributed by atoms with van der Waals surface area (Å²) in [6, 6.07) is 12.1. The van der Waals surface area contributed by atoms with E-state index in [1.54, 1.807) is 7.11 Å². The molecule has 2 aromatic carbocycles. The number of rotatable bonds is 5. The van der Waals surface area contributed by atoms with Crippen LogP contribution in [0.2, 0.25) is 0 Å². The normalized spacial score (nSPS) is 18.4. The van der Waals surface area contributed by atoms with E-state index >= 15 is 0 Å². The highest BCUT2D eigenvalue weighted by molar-refractivity contribution is 5.99. The van der Waals surface area contributed by atoms with E-state index in [1.807, 2.05) is 24.3 Å². The molecule has 0 bridgehead atoms. The van der Waals surface area contributed by atoms with Gasteiger partial charge in [0, 0.05) is 28.9 Å². The molecule has 0 saturated heterocycles. The summed E-state index contributed by atoms with van der Waals surface area (Å²) in [7, 11) is 3.12. The van der Waals surface area contributed by atoms with Crippen LogP contribution in [-0.4, -0.2) is 37.9 Å². The SMILES string of the molecule is COC(=O)c1ccc2c(C3CCCCC3)c3n(c2c1)C[C@@H](CCN)COc1c(OC)cccc1-3. The molecule has 1 aromatic heterocycles. The van der Waals surface area contributed by atoms with Gasteiger partial charge in [0.25, 0.3) is 0 Å².